The van der Waals surface area contributed by atoms with Gasteiger partial charge in [-0.2, -0.15) is 0 Å². The highest BCUT2D eigenvalue weighted by molar-refractivity contribution is 5.71. The number of carboxylic acids is 1. The summed E-state index contributed by atoms with van der Waals surface area (Å²) in [6, 6.07) is 18.3. The van der Waals surface area contributed by atoms with E-state index in [1.807, 2.05) is 49.4 Å². The molecule has 0 saturated carbocycles. The van der Waals surface area contributed by atoms with Gasteiger partial charge in [-0.25, -0.2) is 0 Å². The number of carboxylic acid groups (broad SMARTS) is 1. The zero-order valence-corrected chi connectivity index (χ0v) is 16.2. The molecule has 3 rings (SSSR count). The molecule has 150 valence electrons. The Kier molecular flexibility index (Phi) is 6.59. The van der Waals surface area contributed by atoms with Gasteiger partial charge in [-0.1, -0.05) is 36.4 Å². The second-order valence-electron chi connectivity index (χ2n) is 6.87. The molecule has 0 fully saturated rings. The summed E-state index contributed by atoms with van der Waals surface area (Å²) in [6.07, 6.45) is -0.0967. The Balaban J connectivity index is 1.83. The first kappa shape index (κ1) is 20.5. The van der Waals surface area contributed by atoms with Gasteiger partial charge in [0.05, 0.1) is 24.8 Å². The van der Waals surface area contributed by atoms with Crippen molar-refractivity contribution in [2.75, 3.05) is 6.61 Å². The fourth-order valence-electron chi connectivity index (χ4n) is 3.14. The number of carbonyl (C=O) groups is 1. The van der Waals surface area contributed by atoms with Crippen molar-refractivity contribution >= 4 is 5.97 Å². The van der Waals surface area contributed by atoms with E-state index in [1.165, 1.54) is 0 Å². The van der Waals surface area contributed by atoms with Crippen LogP contribution in [0.25, 0.3) is 11.1 Å². The number of aromatic nitrogens is 1. The summed E-state index contributed by atoms with van der Waals surface area (Å²) in [4.78, 5) is 15.6. The molecule has 0 saturated heterocycles. The van der Waals surface area contributed by atoms with Gasteiger partial charge in [0.25, 0.3) is 0 Å². The van der Waals surface area contributed by atoms with Gasteiger partial charge in [-0.15, -0.1) is 0 Å². The van der Waals surface area contributed by atoms with Crippen molar-refractivity contribution < 1.29 is 19.7 Å². The fourth-order valence-corrected chi connectivity index (χ4v) is 3.14. The van der Waals surface area contributed by atoms with E-state index in [9.17, 15) is 9.90 Å². The number of nitrogens with two attached hydrogens (primary N) is 1. The SMILES string of the molecule is Cc1cc(-c2cccc([C@H](N)CO)c2)cc(COc2ccccc2CC(=O)O)n1. The van der Waals surface area contributed by atoms with Gasteiger partial charge in [-0.05, 0) is 47.9 Å². The maximum absolute atomic E-state index is 11.0. The van der Waals surface area contributed by atoms with Crippen molar-refractivity contribution in [3.63, 3.8) is 0 Å². The van der Waals surface area contributed by atoms with Crippen molar-refractivity contribution in [2.24, 2.45) is 5.73 Å². The molecule has 0 spiro atoms. The first-order valence-corrected chi connectivity index (χ1v) is 9.33. The summed E-state index contributed by atoms with van der Waals surface area (Å²) in [6.45, 7) is 2.02. The number of pyridine rings is 1. The quantitative estimate of drug-likeness (QED) is 0.543. The molecule has 0 aliphatic carbocycles. The summed E-state index contributed by atoms with van der Waals surface area (Å²) >= 11 is 0. The van der Waals surface area contributed by atoms with Crippen LogP contribution in [0.5, 0.6) is 5.75 Å². The van der Waals surface area contributed by atoms with E-state index in [-0.39, 0.29) is 19.6 Å². The minimum absolute atomic E-state index is 0.0967. The summed E-state index contributed by atoms with van der Waals surface area (Å²) in [5.74, 6) is -0.367. The highest BCUT2D eigenvalue weighted by atomic mass is 16.5. The monoisotopic (exact) mass is 392 g/mol. The Morgan fingerprint density at radius 1 is 1.10 bits per heavy atom. The van der Waals surface area contributed by atoms with Gasteiger partial charge in [-0.3, -0.25) is 9.78 Å². The van der Waals surface area contributed by atoms with Crippen molar-refractivity contribution in [3.8, 4) is 16.9 Å². The molecule has 0 radical (unpaired) electrons. The lowest BCUT2D eigenvalue weighted by Gasteiger charge is -2.13. The Hall–Kier alpha value is -3.22. The number of aliphatic hydroxyl groups is 1. The molecule has 1 heterocycles. The van der Waals surface area contributed by atoms with Crippen LogP contribution in [0.1, 0.15) is 28.6 Å². The van der Waals surface area contributed by atoms with Crippen LogP contribution < -0.4 is 10.5 Å². The number of nitrogens with zero attached hydrogens (tertiary/aromatic N) is 1. The second-order valence-corrected chi connectivity index (χ2v) is 6.87. The predicted octanol–water partition coefficient (Wildman–Crippen LogP) is 3.26. The summed E-state index contributed by atoms with van der Waals surface area (Å²) in [5, 5.41) is 18.4. The lowest BCUT2D eigenvalue weighted by atomic mass is 9.99. The largest absolute Gasteiger partial charge is 0.487 e. The van der Waals surface area contributed by atoms with Gasteiger partial charge in [0.2, 0.25) is 0 Å². The highest BCUT2D eigenvalue weighted by Gasteiger charge is 2.10. The Morgan fingerprint density at radius 3 is 2.66 bits per heavy atom. The third-order valence-corrected chi connectivity index (χ3v) is 4.54. The van der Waals surface area contributed by atoms with Crippen LogP contribution in [0, 0.1) is 6.92 Å². The fraction of sp³-hybridized carbons (Fsp3) is 0.217. The molecule has 0 bridgehead atoms. The number of hydrogen-bond donors (Lipinski definition) is 3. The van der Waals surface area contributed by atoms with Gasteiger partial charge in [0.1, 0.15) is 12.4 Å². The van der Waals surface area contributed by atoms with E-state index in [0.717, 1.165) is 28.1 Å². The zero-order chi connectivity index (χ0) is 20.8. The molecular formula is C23H24N2O4. The molecule has 4 N–H and O–H groups in total. The minimum Gasteiger partial charge on any atom is -0.487 e. The number of aliphatic carboxylic acids is 1. The number of aliphatic hydroxyl groups excluding tert-OH is 1. The average molecular weight is 392 g/mol. The Morgan fingerprint density at radius 2 is 1.90 bits per heavy atom. The second kappa shape index (κ2) is 9.32. The summed E-state index contributed by atoms with van der Waals surface area (Å²) in [5.41, 5.74) is 11.0. The van der Waals surface area contributed by atoms with Gasteiger partial charge >= 0.3 is 5.97 Å². The molecule has 1 aromatic heterocycles. The molecule has 6 nitrogen and oxygen atoms in total. The van der Waals surface area contributed by atoms with Gasteiger partial charge in [0, 0.05) is 11.3 Å². The molecule has 2 aromatic carbocycles. The average Bonchev–Trinajstić information content (AvgIpc) is 2.72. The zero-order valence-electron chi connectivity index (χ0n) is 16.2. The van der Waals surface area contributed by atoms with Crippen LogP contribution in [-0.4, -0.2) is 27.8 Å². The highest BCUT2D eigenvalue weighted by Crippen LogP contribution is 2.25. The summed E-state index contributed by atoms with van der Waals surface area (Å²) < 4.78 is 5.87. The number of rotatable bonds is 8. The van der Waals surface area contributed by atoms with E-state index in [0.29, 0.717) is 11.3 Å². The van der Waals surface area contributed by atoms with Crippen molar-refractivity contribution in [1.82, 2.24) is 4.98 Å². The third kappa shape index (κ3) is 5.40. The smallest absolute Gasteiger partial charge is 0.307 e. The van der Waals surface area contributed by atoms with E-state index in [1.54, 1.807) is 18.2 Å². The van der Waals surface area contributed by atoms with Crippen LogP contribution in [0.3, 0.4) is 0 Å². The number of benzene rings is 2. The number of hydrogen-bond acceptors (Lipinski definition) is 5. The van der Waals surface area contributed by atoms with Crippen LogP contribution in [-0.2, 0) is 17.8 Å². The maximum Gasteiger partial charge on any atom is 0.307 e. The molecule has 0 aliphatic rings. The number of para-hydroxylation sites is 1. The number of aryl methyl sites for hydroxylation is 1. The van der Waals surface area contributed by atoms with Crippen LogP contribution >= 0.6 is 0 Å². The van der Waals surface area contributed by atoms with Crippen molar-refractivity contribution in [3.05, 3.63) is 83.2 Å². The molecule has 3 aromatic rings. The lowest BCUT2D eigenvalue weighted by Crippen LogP contribution is -2.14. The van der Waals surface area contributed by atoms with Crippen LogP contribution in [0.2, 0.25) is 0 Å². The molecule has 6 heteroatoms. The Bertz CT molecular complexity index is 1000. The van der Waals surface area contributed by atoms with Gasteiger partial charge < -0.3 is 20.7 Å². The van der Waals surface area contributed by atoms with Gasteiger partial charge in [0.15, 0.2) is 0 Å². The number of ether oxygens (including phenoxy) is 1. The molecule has 0 amide bonds. The lowest BCUT2D eigenvalue weighted by molar-refractivity contribution is -0.136. The topological polar surface area (TPSA) is 106 Å². The van der Waals surface area contributed by atoms with Crippen LogP contribution in [0.4, 0.5) is 0 Å². The maximum atomic E-state index is 11.0. The summed E-state index contributed by atoms with van der Waals surface area (Å²) in [7, 11) is 0. The van der Waals surface area contributed by atoms with E-state index in [2.05, 4.69) is 4.98 Å². The van der Waals surface area contributed by atoms with Crippen LogP contribution in [0.15, 0.2) is 60.7 Å². The Labute approximate surface area is 169 Å². The van der Waals surface area contributed by atoms with E-state index in [4.69, 9.17) is 15.6 Å². The standard InChI is InChI=1S/C23H24N2O4/c1-15-9-19(16-6-4-7-17(10-16)21(24)13-26)11-20(25-15)14-29-22-8-3-2-5-18(22)12-23(27)28/h2-11,21,26H,12-14,24H2,1H3,(H,27,28)/t21-/m1/s1. The minimum atomic E-state index is -0.905. The first-order valence-electron chi connectivity index (χ1n) is 9.33. The third-order valence-electron chi connectivity index (χ3n) is 4.54. The van der Waals surface area contributed by atoms with Crippen molar-refractivity contribution in [1.29, 1.82) is 0 Å². The first-order chi connectivity index (χ1) is 14.0. The van der Waals surface area contributed by atoms with E-state index < -0.39 is 12.0 Å². The predicted molar refractivity (Wildman–Crippen MR) is 111 cm³/mol. The molecule has 1 atom stereocenters. The van der Waals surface area contributed by atoms with E-state index >= 15 is 0 Å². The normalized spacial score (nSPS) is 11.8. The molecule has 0 unspecified atom stereocenters. The van der Waals surface area contributed by atoms with Crippen molar-refractivity contribution in [2.45, 2.75) is 26.0 Å². The molecule has 29 heavy (non-hydrogen) atoms. The molecule has 0 aliphatic heterocycles. The molecular weight excluding hydrogens is 368 g/mol.